The van der Waals surface area contributed by atoms with Crippen LogP contribution in [0.1, 0.15) is 316 Å². The number of unbranched alkanes of at least 4 members (excludes halogenated alkanes) is 40. The average molecular weight is 861 g/mol. The molecular weight excluding hydrogens is 753 g/mol. The minimum Gasteiger partial charge on any atom is -0.480 e. The lowest BCUT2D eigenvalue weighted by Crippen LogP contribution is -2.42. The zero-order valence-corrected chi connectivity index (χ0v) is 41.6. The molecule has 61 heavy (non-hydrogen) atoms. The van der Waals surface area contributed by atoms with Gasteiger partial charge in [-0.05, 0) is 25.7 Å². The lowest BCUT2D eigenvalue weighted by Gasteiger charge is -2.24. The summed E-state index contributed by atoms with van der Waals surface area (Å²) in [6.45, 7) is 8.36. The SMILES string of the molecule is CCCCCCCCCCCCCCCCCC(=O)N[C@@H](CCC(=O)N(CCCCCCCCCCCCCCCC)CCCCCCCCCCCCCCCC)C(=O)O. The van der Waals surface area contributed by atoms with E-state index in [0.29, 0.717) is 6.42 Å². The number of nitrogens with one attached hydrogen (secondary N) is 1. The number of carboxylic acid groups (broad SMARTS) is 1. The second-order valence-corrected chi connectivity index (χ2v) is 19.3. The summed E-state index contributed by atoms with van der Waals surface area (Å²) >= 11 is 0. The number of hydrogen-bond acceptors (Lipinski definition) is 3. The fourth-order valence-electron chi connectivity index (χ4n) is 8.96. The Morgan fingerprint density at radius 2 is 0.607 bits per heavy atom. The van der Waals surface area contributed by atoms with Crippen LogP contribution in [-0.4, -0.2) is 46.9 Å². The summed E-state index contributed by atoms with van der Waals surface area (Å²) in [4.78, 5) is 40.4. The van der Waals surface area contributed by atoms with Gasteiger partial charge < -0.3 is 15.3 Å². The van der Waals surface area contributed by atoms with Gasteiger partial charge in [0, 0.05) is 25.9 Å². The van der Waals surface area contributed by atoms with Gasteiger partial charge in [-0.1, -0.05) is 278 Å². The first-order chi connectivity index (χ1) is 30.0. The highest BCUT2D eigenvalue weighted by Crippen LogP contribution is 2.17. The third-order valence-corrected chi connectivity index (χ3v) is 13.2. The predicted octanol–water partition coefficient (Wildman–Crippen LogP) is 17.4. The minimum atomic E-state index is -1.04. The summed E-state index contributed by atoms with van der Waals surface area (Å²) in [5.74, 6) is -1.19. The summed E-state index contributed by atoms with van der Waals surface area (Å²) in [6, 6.07) is -1.00. The summed E-state index contributed by atoms with van der Waals surface area (Å²) in [7, 11) is 0. The zero-order valence-electron chi connectivity index (χ0n) is 41.6. The molecule has 1 atom stereocenters. The Hall–Kier alpha value is -1.59. The molecule has 0 bridgehead atoms. The largest absolute Gasteiger partial charge is 0.480 e. The number of rotatable bonds is 51. The number of hydrogen-bond donors (Lipinski definition) is 2. The van der Waals surface area contributed by atoms with E-state index in [1.165, 1.54) is 231 Å². The second kappa shape index (κ2) is 49.4. The standard InChI is InChI=1S/C55H108N2O4/c1-4-7-10-13-16-19-22-25-28-29-32-35-38-41-44-47-53(58)56-52(55(60)61)48-49-54(59)57(50-45-42-39-36-33-30-26-23-20-17-14-11-8-5-2)51-46-43-40-37-34-31-27-24-21-18-15-12-9-6-3/h52H,4-51H2,1-3H3,(H,56,58)(H,60,61)/t52-/m0/s1. The van der Waals surface area contributed by atoms with Crippen molar-refractivity contribution < 1.29 is 19.5 Å². The van der Waals surface area contributed by atoms with Gasteiger partial charge in [0.1, 0.15) is 6.04 Å². The lowest BCUT2D eigenvalue weighted by molar-refractivity contribution is -0.142. The van der Waals surface area contributed by atoms with E-state index >= 15 is 0 Å². The Kier molecular flexibility index (Phi) is 48.1. The van der Waals surface area contributed by atoms with Gasteiger partial charge in [-0.2, -0.15) is 0 Å². The van der Waals surface area contributed by atoms with E-state index in [1.807, 2.05) is 4.90 Å². The highest BCUT2D eigenvalue weighted by molar-refractivity contribution is 5.84. The zero-order chi connectivity index (χ0) is 44.5. The van der Waals surface area contributed by atoms with Crippen molar-refractivity contribution >= 4 is 17.8 Å². The smallest absolute Gasteiger partial charge is 0.326 e. The van der Waals surface area contributed by atoms with Crippen LogP contribution in [0.2, 0.25) is 0 Å². The van der Waals surface area contributed by atoms with Gasteiger partial charge in [0.15, 0.2) is 0 Å². The van der Waals surface area contributed by atoms with Gasteiger partial charge in [-0.15, -0.1) is 0 Å². The molecule has 0 aliphatic carbocycles. The van der Waals surface area contributed by atoms with E-state index in [-0.39, 0.29) is 24.7 Å². The van der Waals surface area contributed by atoms with Crippen molar-refractivity contribution in [3.8, 4) is 0 Å². The number of carboxylic acids is 1. The Morgan fingerprint density at radius 3 is 0.869 bits per heavy atom. The predicted molar refractivity (Wildman–Crippen MR) is 266 cm³/mol. The van der Waals surface area contributed by atoms with Crippen LogP contribution in [0.25, 0.3) is 0 Å². The second-order valence-electron chi connectivity index (χ2n) is 19.3. The Balaban J connectivity index is 4.46. The molecular formula is C55H108N2O4. The van der Waals surface area contributed by atoms with Crippen LogP contribution in [0, 0.1) is 0 Å². The van der Waals surface area contributed by atoms with Crippen LogP contribution in [-0.2, 0) is 14.4 Å². The molecule has 0 aromatic heterocycles. The normalized spacial score (nSPS) is 11.9. The van der Waals surface area contributed by atoms with Gasteiger partial charge in [0.25, 0.3) is 0 Å². The van der Waals surface area contributed by atoms with E-state index in [9.17, 15) is 19.5 Å². The maximum atomic E-state index is 13.5. The minimum absolute atomic E-state index is 0.0484. The van der Waals surface area contributed by atoms with Crippen molar-refractivity contribution in [2.45, 2.75) is 322 Å². The first-order valence-corrected chi connectivity index (χ1v) is 27.8. The number of carbonyl (C=O) groups excluding carboxylic acids is 2. The average Bonchev–Trinajstić information content (AvgIpc) is 3.25. The monoisotopic (exact) mass is 861 g/mol. The molecule has 362 valence electrons. The molecule has 0 aromatic rings. The van der Waals surface area contributed by atoms with Crippen LogP contribution in [0.5, 0.6) is 0 Å². The molecule has 0 saturated heterocycles. The third-order valence-electron chi connectivity index (χ3n) is 13.2. The molecule has 0 saturated carbocycles. The molecule has 0 radical (unpaired) electrons. The van der Waals surface area contributed by atoms with Crippen molar-refractivity contribution in [3.05, 3.63) is 0 Å². The van der Waals surface area contributed by atoms with Crippen LogP contribution in [0.4, 0.5) is 0 Å². The summed E-state index contributed by atoms with van der Waals surface area (Å²) in [5.41, 5.74) is 0. The van der Waals surface area contributed by atoms with Crippen molar-refractivity contribution in [1.82, 2.24) is 10.2 Å². The first-order valence-electron chi connectivity index (χ1n) is 27.8. The molecule has 0 spiro atoms. The van der Waals surface area contributed by atoms with Crippen molar-refractivity contribution in [3.63, 3.8) is 0 Å². The molecule has 0 unspecified atom stereocenters. The van der Waals surface area contributed by atoms with Gasteiger partial charge in [0.2, 0.25) is 11.8 Å². The van der Waals surface area contributed by atoms with E-state index in [2.05, 4.69) is 26.1 Å². The molecule has 0 aromatic carbocycles. The maximum Gasteiger partial charge on any atom is 0.326 e. The summed E-state index contributed by atoms with van der Waals surface area (Å²) < 4.78 is 0. The summed E-state index contributed by atoms with van der Waals surface area (Å²) in [5, 5.41) is 12.7. The van der Waals surface area contributed by atoms with Crippen LogP contribution >= 0.6 is 0 Å². The van der Waals surface area contributed by atoms with Crippen LogP contribution < -0.4 is 5.32 Å². The van der Waals surface area contributed by atoms with E-state index in [4.69, 9.17) is 0 Å². The lowest BCUT2D eigenvalue weighted by atomic mass is 10.0. The van der Waals surface area contributed by atoms with Gasteiger partial charge in [-0.25, -0.2) is 4.79 Å². The van der Waals surface area contributed by atoms with Crippen molar-refractivity contribution in [1.29, 1.82) is 0 Å². The fourth-order valence-corrected chi connectivity index (χ4v) is 8.96. The highest BCUT2D eigenvalue weighted by Gasteiger charge is 2.23. The van der Waals surface area contributed by atoms with Crippen LogP contribution in [0.3, 0.4) is 0 Å². The molecule has 0 heterocycles. The molecule has 0 rings (SSSR count). The van der Waals surface area contributed by atoms with E-state index < -0.39 is 12.0 Å². The quantitative estimate of drug-likeness (QED) is 0.0597. The fraction of sp³-hybridized carbons (Fsp3) is 0.945. The molecule has 0 fully saturated rings. The number of aliphatic carboxylic acids is 1. The van der Waals surface area contributed by atoms with Gasteiger partial charge in [0.05, 0.1) is 0 Å². The van der Waals surface area contributed by atoms with E-state index in [0.717, 1.165) is 58.0 Å². The van der Waals surface area contributed by atoms with Crippen molar-refractivity contribution in [2.75, 3.05) is 13.1 Å². The highest BCUT2D eigenvalue weighted by atomic mass is 16.4. The Bertz CT molecular complexity index is 894. The molecule has 0 aliphatic heterocycles. The molecule has 2 amide bonds. The Labute approximate surface area is 381 Å². The first kappa shape index (κ1) is 59.4. The molecule has 2 N–H and O–H groups in total. The molecule has 6 nitrogen and oxygen atoms in total. The summed E-state index contributed by atoms with van der Waals surface area (Å²) in [6.07, 6.45) is 56.6. The Morgan fingerprint density at radius 1 is 0.361 bits per heavy atom. The number of carbonyl (C=O) groups is 3. The number of nitrogens with zero attached hydrogens (tertiary/aromatic N) is 1. The third kappa shape index (κ3) is 44.8. The number of amides is 2. The molecule has 0 aliphatic rings. The van der Waals surface area contributed by atoms with Crippen molar-refractivity contribution in [2.24, 2.45) is 0 Å². The van der Waals surface area contributed by atoms with Gasteiger partial charge in [-0.3, -0.25) is 9.59 Å². The molecule has 6 heteroatoms. The maximum absolute atomic E-state index is 13.5. The van der Waals surface area contributed by atoms with Gasteiger partial charge >= 0.3 is 5.97 Å². The van der Waals surface area contributed by atoms with Crippen LogP contribution in [0.15, 0.2) is 0 Å². The topological polar surface area (TPSA) is 86.7 Å². The van der Waals surface area contributed by atoms with E-state index in [1.54, 1.807) is 0 Å².